The van der Waals surface area contributed by atoms with Crippen molar-refractivity contribution in [2.24, 2.45) is 4.99 Å². The van der Waals surface area contributed by atoms with E-state index in [1.54, 1.807) is 13.3 Å². The monoisotopic (exact) mass is 307 g/mol. The SMILES string of the molecule is CN=C(NCc1ccco1)NCC1COC2(CCCCC2)O1. The summed E-state index contributed by atoms with van der Waals surface area (Å²) in [5.74, 6) is 1.31. The number of nitrogens with one attached hydrogen (secondary N) is 2. The van der Waals surface area contributed by atoms with Crippen LogP contribution in [0, 0.1) is 0 Å². The van der Waals surface area contributed by atoms with Gasteiger partial charge in [0.2, 0.25) is 0 Å². The van der Waals surface area contributed by atoms with E-state index >= 15 is 0 Å². The van der Waals surface area contributed by atoms with Crippen LogP contribution < -0.4 is 10.6 Å². The van der Waals surface area contributed by atoms with Crippen LogP contribution in [0.5, 0.6) is 0 Å². The van der Waals surface area contributed by atoms with Gasteiger partial charge in [-0.1, -0.05) is 6.42 Å². The Morgan fingerprint density at radius 1 is 1.32 bits per heavy atom. The molecule has 0 amide bonds. The predicted octanol–water partition coefficient (Wildman–Crippen LogP) is 2.02. The van der Waals surface area contributed by atoms with Crippen LogP contribution in [0.3, 0.4) is 0 Å². The molecule has 1 atom stereocenters. The van der Waals surface area contributed by atoms with E-state index in [0.717, 1.165) is 24.6 Å². The van der Waals surface area contributed by atoms with Crippen molar-refractivity contribution in [1.29, 1.82) is 0 Å². The fourth-order valence-electron chi connectivity index (χ4n) is 3.08. The van der Waals surface area contributed by atoms with Crippen molar-refractivity contribution in [3.05, 3.63) is 24.2 Å². The molecule has 1 aromatic heterocycles. The summed E-state index contributed by atoms with van der Waals surface area (Å²) in [5, 5.41) is 6.50. The second-order valence-corrected chi connectivity index (χ2v) is 5.91. The van der Waals surface area contributed by atoms with E-state index in [9.17, 15) is 0 Å². The first-order valence-corrected chi connectivity index (χ1v) is 8.08. The number of ether oxygens (including phenoxy) is 2. The fourth-order valence-corrected chi connectivity index (χ4v) is 3.08. The lowest BCUT2D eigenvalue weighted by molar-refractivity contribution is -0.186. The van der Waals surface area contributed by atoms with Crippen molar-refractivity contribution in [3.8, 4) is 0 Å². The lowest BCUT2D eigenvalue weighted by Gasteiger charge is -2.31. The Morgan fingerprint density at radius 2 is 2.18 bits per heavy atom. The van der Waals surface area contributed by atoms with E-state index in [4.69, 9.17) is 13.9 Å². The molecule has 0 radical (unpaired) electrons. The van der Waals surface area contributed by atoms with Gasteiger partial charge in [0, 0.05) is 26.4 Å². The Labute approximate surface area is 131 Å². The Balaban J connectivity index is 1.41. The van der Waals surface area contributed by atoms with Gasteiger partial charge in [0.25, 0.3) is 0 Å². The van der Waals surface area contributed by atoms with Crippen LogP contribution in [0.15, 0.2) is 27.8 Å². The first-order valence-electron chi connectivity index (χ1n) is 8.08. The molecule has 1 aliphatic carbocycles. The second kappa shape index (κ2) is 7.15. The zero-order valence-corrected chi connectivity index (χ0v) is 13.1. The highest BCUT2D eigenvalue weighted by Crippen LogP contribution is 2.37. The van der Waals surface area contributed by atoms with Gasteiger partial charge in [-0.3, -0.25) is 4.99 Å². The number of hydrogen-bond donors (Lipinski definition) is 2. The highest BCUT2D eigenvalue weighted by atomic mass is 16.7. The summed E-state index contributed by atoms with van der Waals surface area (Å²) >= 11 is 0. The van der Waals surface area contributed by atoms with Crippen molar-refractivity contribution in [3.63, 3.8) is 0 Å². The minimum atomic E-state index is -0.310. The van der Waals surface area contributed by atoms with Gasteiger partial charge >= 0.3 is 0 Å². The Bertz CT molecular complexity index is 481. The molecule has 2 N–H and O–H groups in total. The first kappa shape index (κ1) is 15.4. The van der Waals surface area contributed by atoms with Gasteiger partial charge in [-0.25, -0.2) is 0 Å². The van der Waals surface area contributed by atoms with Crippen LogP contribution >= 0.6 is 0 Å². The lowest BCUT2D eigenvalue weighted by atomic mass is 9.94. The highest BCUT2D eigenvalue weighted by Gasteiger charge is 2.42. The van der Waals surface area contributed by atoms with Crippen LogP contribution in [-0.2, 0) is 16.0 Å². The number of hydrogen-bond acceptors (Lipinski definition) is 4. The molecule has 1 aromatic rings. The Hall–Kier alpha value is -1.53. The summed E-state index contributed by atoms with van der Waals surface area (Å²) in [5.41, 5.74) is 0. The molecule has 2 aliphatic rings. The summed E-state index contributed by atoms with van der Waals surface area (Å²) in [7, 11) is 1.76. The average Bonchev–Trinajstić information content (AvgIpc) is 3.19. The molecule has 1 spiro atoms. The molecule has 1 unspecified atom stereocenters. The van der Waals surface area contributed by atoms with Crippen molar-refractivity contribution in [2.45, 2.75) is 50.5 Å². The molecule has 1 saturated carbocycles. The van der Waals surface area contributed by atoms with E-state index in [1.165, 1.54) is 19.3 Å². The normalized spacial score (nSPS) is 24.6. The van der Waals surface area contributed by atoms with Gasteiger partial charge < -0.3 is 24.5 Å². The van der Waals surface area contributed by atoms with Crippen LogP contribution in [0.4, 0.5) is 0 Å². The Morgan fingerprint density at radius 3 is 2.91 bits per heavy atom. The van der Waals surface area contributed by atoms with Crippen LogP contribution in [0.25, 0.3) is 0 Å². The van der Waals surface area contributed by atoms with Gasteiger partial charge in [-0.15, -0.1) is 0 Å². The number of rotatable bonds is 4. The zero-order chi connectivity index (χ0) is 15.3. The topological polar surface area (TPSA) is 68.0 Å². The maximum Gasteiger partial charge on any atom is 0.191 e. The number of nitrogens with zero attached hydrogens (tertiary/aromatic N) is 1. The minimum absolute atomic E-state index is 0.0836. The predicted molar refractivity (Wildman–Crippen MR) is 83.6 cm³/mol. The van der Waals surface area contributed by atoms with Crippen molar-refractivity contribution in [2.75, 3.05) is 20.2 Å². The molecule has 22 heavy (non-hydrogen) atoms. The summed E-state index contributed by atoms with van der Waals surface area (Å²) in [6.45, 7) is 1.96. The highest BCUT2D eigenvalue weighted by molar-refractivity contribution is 5.79. The van der Waals surface area contributed by atoms with E-state index in [2.05, 4.69) is 15.6 Å². The van der Waals surface area contributed by atoms with Gasteiger partial charge in [0.05, 0.1) is 19.4 Å². The third-order valence-corrected chi connectivity index (χ3v) is 4.26. The molecule has 0 aromatic carbocycles. The Kier molecular flexibility index (Phi) is 5.00. The standard InChI is InChI=1S/C16H25N3O3/c1-17-15(18-10-13-6-5-9-20-13)19-11-14-12-21-16(22-14)7-3-2-4-8-16/h5-6,9,14H,2-4,7-8,10-12H2,1H3,(H2,17,18,19). The average molecular weight is 307 g/mol. The summed E-state index contributed by atoms with van der Waals surface area (Å²) in [6, 6.07) is 3.81. The van der Waals surface area contributed by atoms with Crippen LogP contribution in [0.2, 0.25) is 0 Å². The quantitative estimate of drug-likeness (QED) is 0.658. The minimum Gasteiger partial charge on any atom is -0.467 e. The molecular weight excluding hydrogens is 282 g/mol. The molecular formula is C16H25N3O3. The molecule has 3 rings (SSSR count). The zero-order valence-electron chi connectivity index (χ0n) is 13.1. The van der Waals surface area contributed by atoms with E-state index < -0.39 is 0 Å². The number of guanidine groups is 1. The molecule has 2 fully saturated rings. The van der Waals surface area contributed by atoms with E-state index in [-0.39, 0.29) is 11.9 Å². The second-order valence-electron chi connectivity index (χ2n) is 5.91. The summed E-state index contributed by atoms with van der Waals surface area (Å²) in [6.07, 6.45) is 7.49. The molecule has 6 nitrogen and oxygen atoms in total. The molecule has 0 bridgehead atoms. The van der Waals surface area contributed by atoms with Crippen LogP contribution in [-0.4, -0.2) is 38.0 Å². The largest absolute Gasteiger partial charge is 0.467 e. The van der Waals surface area contributed by atoms with Crippen molar-refractivity contribution in [1.82, 2.24) is 10.6 Å². The third-order valence-electron chi connectivity index (χ3n) is 4.26. The van der Waals surface area contributed by atoms with Gasteiger partial charge in [0.15, 0.2) is 11.7 Å². The third kappa shape index (κ3) is 3.81. The van der Waals surface area contributed by atoms with Gasteiger partial charge in [0.1, 0.15) is 11.9 Å². The molecule has 1 aliphatic heterocycles. The fraction of sp³-hybridized carbons (Fsp3) is 0.688. The number of furan rings is 1. The maximum absolute atomic E-state index is 6.15. The smallest absolute Gasteiger partial charge is 0.191 e. The maximum atomic E-state index is 6.15. The van der Waals surface area contributed by atoms with Crippen LogP contribution in [0.1, 0.15) is 37.9 Å². The first-order chi connectivity index (χ1) is 10.8. The summed E-state index contributed by atoms with van der Waals surface area (Å²) in [4.78, 5) is 4.21. The molecule has 1 saturated heterocycles. The van der Waals surface area contributed by atoms with Crippen molar-refractivity contribution >= 4 is 5.96 Å². The van der Waals surface area contributed by atoms with E-state index in [0.29, 0.717) is 19.7 Å². The van der Waals surface area contributed by atoms with Gasteiger partial charge in [-0.2, -0.15) is 0 Å². The molecule has 122 valence electrons. The van der Waals surface area contributed by atoms with Gasteiger partial charge in [-0.05, 0) is 25.0 Å². The van der Waals surface area contributed by atoms with Crippen molar-refractivity contribution < 1.29 is 13.9 Å². The lowest BCUT2D eigenvalue weighted by Crippen LogP contribution is -2.42. The van der Waals surface area contributed by atoms with E-state index in [1.807, 2.05) is 12.1 Å². The number of aliphatic imine (C=N–C) groups is 1. The molecule has 2 heterocycles. The molecule has 6 heteroatoms. The summed E-state index contributed by atoms with van der Waals surface area (Å²) < 4.78 is 17.4.